The molecule has 1 aromatic carbocycles. The highest BCUT2D eigenvalue weighted by Gasteiger charge is 2.15. The van der Waals surface area contributed by atoms with E-state index in [2.05, 4.69) is 15.7 Å². The molecule has 0 amide bonds. The summed E-state index contributed by atoms with van der Waals surface area (Å²) in [5.74, 6) is 5.53. The van der Waals surface area contributed by atoms with E-state index in [4.69, 9.17) is 5.84 Å². The van der Waals surface area contributed by atoms with Crippen molar-refractivity contribution in [3.63, 3.8) is 0 Å². The third kappa shape index (κ3) is 3.20. The SMILES string of the molecule is Cc1ccc(NC(=NC2CCCC2)NN)c(F)c1. The fourth-order valence-corrected chi connectivity index (χ4v) is 2.17. The molecule has 1 fully saturated rings. The Morgan fingerprint density at radius 1 is 1.39 bits per heavy atom. The van der Waals surface area contributed by atoms with Gasteiger partial charge in [-0.3, -0.25) is 5.43 Å². The standard InChI is InChI=1S/C13H19FN4/c1-9-6-7-12(11(14)8-9)17-13(18-15)16-10-4-2-3-5-10/h6-8,10H,2-5,15H2,1H3,(H2,16,17,18). The maximum atomic E-state index is 13.7. The van der Waals surface area contributed by atoms with Crippen LogP contribution < -0.4 is 16.6 Å². The minimum Gasteiger partial charge on any atom is -0.323 e. The second-order valence-electron chi connectivity index (χ2n) is 4.67. The van der Waals surface area contributed by atoms with Crippen LogP contribution in [0.1, 0.15) is 31.2 Å². The monoisotopic (exact) mass is 250 g/mol. The number of halogens is 1. The van der Waals surface area contributed by atoms with Crippen molar-refractivity contribution in [3.05, 3.63) is 29.6 Å². The van der Waals surface area contributed by atoms with E-state index in [0.29, 0.717) is 11.6 Å². The number of aryl methyl sites for hydroxylation is 1. The van der Waals surface area contributed by atoms with Crippen LogP contribution in [-0.2, 0) is 0 Å². The lowest BCUT2D eigenvalue weighted by Gasteiger charge is -2.12. The van der Waals surface area contributed by atoms with E-state index in [9.17, 15) is 4.39 Å². The van der Waals surface area contributed by atoms with Gasteiger partial charge in [0.2, 0.25) is 5.96 Å². The number of nitrogens with two attached hydrogens (primary N) is 1. The molecule has 0 saturated heterocycles. The Morgan fingerprint density at radius 2 is 2.11 bits per heavy atom. The van der Waals surface area contributed by atoms with Crippen LogP contribution in [0.25, 0.3) is 0 Å². The molecule has 0 heterocycles. The van der Waals surface area contributed by atoms with E-state index in [1.54, 1.807) is 6.07 Å². The van der Waals surface area contributed by atoms with E-state index >= 15 is 0 Å². The van der Waals surface area contributed by atoms with E-state index < -0.39 is 0 Å². The summed E-state index contributed by atoms with van der Waals surface area (Å²) in [5, 5.41) is 2.89. The van der Waals surface area contributed by atoms with Gasteiger partial charge < -0.3 is 5.32 Å². The van der Waals surface area contributed by atoms with Crippen molar-refractivity contribution < 1.29 is 4.39 Å². The maximum Gasteiger partial charge on any atom is 0.210 e. The van der Waals surface area contributed by atoms with Gasteiger partial charge in [0.15, 0.2) is 0 Å². The van der Waals surface area contributed by atoms with Crippen molar-refractivity contribution in [3.8, 4) is 0 Å². The van der Waals surface area contributed by atoms with Gasteiger partial charge in [0.05, 0.1) is 11.7 Å². The highest BCUT2D eigenvalue weighted by Crippen LogP contribution is 2.21. The molecule has 18 heavy (non-hydrogen) atoms. The van der Waals surface area contributed by atoms with Crippen LogP contribution >= 0.6 is 0 Å². The number of hydrogen-bond donors (Lipinski definition) is 3. The number of aliphatic imine (C=N–C) groups is 1. The zero-order valence-electron chi connectivity index (χ0n) is 10.5. The van der Waals surface area contributed by atoms with Crippen LogP contribution in [0.4, 0.5) is 10.1 Å². The van der Waals surface area contributed by atoms with Crippen molar-refractivity contribution in [2.24, 2.45) is 10.8 Å². The molecule has 1 aliphatic rings. The molecule has 2 rings (SSSR count). The molecule has 0 aromatic heterocycles. The Hall–Kier alpha value is -1.62. The molecule has 4 N–H and O–H groups in total. The highest BCUT2D eigenvalue weighted by atomic mass is 19.1. The van der Waals surface area contributed by atoms with Gasteiger partial charge in [0, 0.05) is 0 Å². The Morgan fingerprint density at radius 3 is 2.72 bits per heavy atom. The number of hydrazine groups is 1. The van der Waals surface area contributed by atoms with Gasteiger partial charge in [-0.25, -0.2) is 15.2 Å². The van der Waals surface area contributed by atoms with Crippen LogP contribution in [0.5, 0.6) is 0 Å². The van der Waals surface area contributed by atoms with Crippen molar-refractivity contribution in [1.29, 1.82) is 0 Å². The number of guanidine groups is 1. The summed E-state index contributed by atoms with van der Waals surface area (Å²) < 4.78 is 13.7. The van der Waals surface area contributed by atoms with E-state index in [1.165, 1.54) is 18.9 Å². The first kappa shape index (κ1) is 12.8. The molecular weight excluding hydrogens is 231 g/mol. The second-order valence-corrected chi connectivity index (χ2v) is 4.67. The van der Waals surface area contributed by atoms with Crippen LogP contribution in [-0.4, -0.2) is 12.0 Å². The smallest absolute Gasteiger partial charge is 0.210 e. The fourth-order valence-electron chi connectivity index (χ4n) is 2.17. The predicted molar refractivity (Wildman–Crippen MR) is 71.8 cm³/mol. The molecule has 98 valence electrons. The summed E-state index contributed by atoms with van der Waals surface area (Å²) in [7, 11) is 0. The minimum absolute atomic E-state index is 0.289. The third-order valence-electron chi connectivity index (χ3n) is 3.15. The molecule has 0 aliphatic heterocycles. The zero-order chi connectivity index (χ0) is 13.0. The Labute approximate surface area is 106 Å². The average Bonchev–Trinajstić information content (AvgIpc) is 2.84. The Balaban J connectivity index is 2.09. The van der Waals surface area contributed by atoms with Crippen molar-refractivity contribution in [2.75, 3.05) is 5.32 Å². The van der Waals surface area contributed by atoms with E-state index in [0.717, 1.165) is 18.4 Å². The molecule has 1 aliphatic carbocycles. The highest BCUT2D eigenvalue weighted by molar-refractivity contribution is 5.93. The summed E-state index contributed by atoms with van der Waals surface area (Å²) in [6.45, 7) is 1.85. The first-order valence-corrected chi connectivity index (χ1v) is 6.26. The van der Waals surface area contributed by atoms with Gasteiger partial charge in [-0.1, -0.05) is 18.9 Å². The number of nitrogens with zero attached hydrogens (tertiary/aromatic N) is 1. The molecule has 0 bridgehead atoms. The third-order valence-corrected chi connectivity index (χ3v) is 3.15. The van der Waals surface area contributed by atoms with Crippen LogP contribution in [0.3, 0.4) is 0 Å². The van der Waals surface area contributed by atoms with Crippen molar-refractivity contribution >= 4 is 11.6 Å². The lowest BCUT2D eigenvalue weighted by atomic mass is 10.2. The Bertz CT molecular complexity index is 439. The average molecular weight is 250 g/mol. The van der Waals surface area contributed by atoms with E-state index in [1.807, 2.05) is 13.0 Å². The summed E-state index contributed by atoms with van der Waals surface area (Å²) >= 11 is 0. The van der Waals surface area contributed by atoms with Crippen molar-refractivity contribution in [1.82, 2.24) is 5.43 Å². The first-order valence-electron chi connectivity index (χ1n) is 6.26. The van der Waals surface area contributed by atoms with Crippen molar-refractivity contribution in [2.45, 2.75) is 38.6 Å². The molecule has 4 nitrogen and oxygen atoms in total. The molecule has 1 saturated carbocycles. The first-order chi connectivity index (χ1) is 8.69. The molecule has 5 heteroatoms. The lowest BCUT2D eigenvalue weighted by molar-refractivity contribution is 0.630. The molecule has 1 aromatic rings. The number of hydrogen-bond acceptors (Lipinski definition) is 2. The van der Waals surface area contributed by atoms with Crippen LogP contribution in [0.15, 0.2) is 23.2 Å². The van der Waals surface area contributed by atoms with Gasteiger partial charge in [-0.15, -0.1) is 0 Å². The number of nitrogens with one attached hydrogen (secondary N) is 2. The largest absolute Gasteiger partial charge is 0.323 e. The number of anilines is 1. The molecule has 0 radical (unpaired) electrons. The van der Waals surface area contributed by atoms with Gasteiger partial charge in [-0.05, 0) is 37.5 Å². The lowest BCUT2D eigenvalue weighted by Crippen LogP contribution is -2.37. The molecule has 0 spiro atoms. The van der Waals surface area contributed by atoms with Crippen LogP contribution in [0.2, 0.25) is 0 Å². The van der Waals surface area contributed by atoms with E-state index in [-0.39, 0.29) is 11.9 Å². The fraction of sp³-hybridized carbons (Fsp3) is 0.462. The van der Waals surface area contributed by atoms with Gasteiger partial charge in [0.25, 0.3) is 0 Å². The van der Waals surface area contributed by atoms with Crippen LogP contribution in [0, 0.1) is 12.7 Å². The molecular formula is C13H19FN4. The second kappa shape index (κ2) is 5.82. The number of rotatable bonds is 2. The van der Waals surface area contributed by atoms with Gasteiger partial charge in [0.1, 0.15) is 5.82 Å². The maximum absolute atomic E-state index is 13.7. The summed E-state index contributed by atoms with van der Waals surface area (Å²) in [5.41, 5.74) is 3.76. The molecule has 0 unspecified atom stereocenters. The Kier molecular flexibility index (Phi) is 4.15. The van der Waals surface area contributed by atoms with Gasteiger partial charge in [-0.2, -0.15) is 0 Å². The quantitative estimate of drug-likeness (QED) is 0.327. The minimum atomic E-state index is -0.302. The predicted octanol–water partition coefficient (Wildman–Crippen LogP) is 2.31. The topological polar surface area (TPSA) is 62.4 Å². The normalized spacial score (nSPS) is 16.9. The van der Waals surface area contributed by atoms with Gasteiger partial charge >= 0.3 is 0 Å². The summed E-state index contributed by atoms with van der Waals surface area (Å²) in [4.78, 5) is 4.46. The molecule has 0 atom stereocenters. The number of benzene rings is 1. The zero-order valence-corrected chi connectivity index (χ0v) is 10.5. The summed E-state index contributed by atoms with van der Waals surface area (Å²) in [6.07, 6.45) is 4.54. The summed E-state index contributed by atoms with van der Waals surface area (Å²) in [6, 6.07) is 5.30.